The summed E-state index contributed by atoms with van der Waals surface area (Å²) in [6.07, 6.45) is 3.91. The number of benzene rings is 1. The van der Waals surface area contributed by atoms with Gasteiger partial charge in [0.1, 0.15) is 5.75 Å². The summed E-state index contributed by atoms with van der Waals surface area (Å²) >= 11 is 0. The van der Waals surface area contributed by atoms with E-state index < -0.39 is 0 Å². The highest BCUT2D eigenvalue weighted by Crippen LogP contribution is 2.32. The molecule has 0 bridgehead atoms. The lowest BCUT2D eigenvalue weighted by Crippen LogP contribution is -2.63. The molecular formula is C22H33N3O2. The lowest BCUT2D eigenvalue weighted by atomic mass is 9.79. The number of piperidine rings is 1. The molecule has 1 aliphatic heterocycles. The lowest BCUT2D eigenvalue weighted by Gasteiger charge is -2.49. The van der Waals surface area contributed by atoms with Gasteiger partial charge in [0.25, 0.3) is 5.91 Å². The summed E-state index contributed by atoms with van der Waals surface area (Å²) < 4.78 is 5.71. The molecule has 1 fully saturated rings. The van der Waals surface area contributed by atoms with Gasteiger partial charge in [-0.3, -0.25) is 4.79 Å². The van der Waals surface area contributed by atoms with Crippen molar-refractivity contribution in [3.63, 3.8) is 0 Å². The normalized spacial score (nSPS) is 18.5. The van der Waals surface area contributed by atoms with Crippen molar-refractivity contribution in [3.05, 3.63) is 29.8 Å². The molecule has 1 saturated heterocycles. The van der Waals surface area contributed by atoms with Gasteiger partial charge in [-0.1, -0.05) is 13.3 Å². The number of rotatable bonds is 7. The Hall–Kier alpha value is -2.06. The number of carbonyl (C=O) groups is 1. The molecule has 1 aromatic rings. The first kappa shape index (κ1) is 21.2. The summed E-state index contributed by atoms with van der Waals surface area (Å²) in [5.41, 5.74) is 0.563. The average molecular weight is 372 g/mol. The van der Waals surface area contributed by atoms with Crippen LogP contribution in [0.25, 0.3) is 0 Å². The van der Waals surface area contributed by atoms with Crippen LogP contribution < -0.4 is 10.1 Å². The molecule has 5 heteroatoms. The third kappa shape index (κ3) is 6.25. The molecule has 0 atom stereocenters. The second-order valence-electron chi connectivity index (χ2n) is 8.82. The van der Waals surface area contributed by atoms with Crippen LogP contribution in [0.3, 0.4) is 0 Å². The van der Waals surface area contributed by atoms with Gasteiger partial charge < -0.3 is 15.0 Å². The van der Waals surface area contributed by atoms with Crippen LogP contribution in [-0.2, 0) is 4.79 Å². The standard InChI is InChI=1S/C22H33N3O2/c1-6-7-12-25(18-13-21(2,3)24-22(4,5)14-18)20(26)16-27-19-10-8-17(15-23)9-11-19/h8-11,18,24H,6-7,12-14,16H2,1-5H3. The van der Waals surface area contributed by atoms with Crippen LogP contribution >= 0.6 is 0 Å². The third-order valence-electron chi connectivity index (χ3n) is 5.03. The predicted molar refractivity (Wildman–Crippen MR) is 108 cm³/mol. The fraction of sp³-hybridized carbons (Fsp3) is 0.636. The summed E-state index contributed by atoms with van der Waals surface area (Å²) in [5.74, 6) is 0.648. The van der Waals surface area contributed by atoms with Gasteiger partial charge in [0.05, 0.1) is 11.6 Å². The summed E-state index contributed by atoms with van der Waals surface area (Å²) in [5, 5.41) is 12.6. The van der Waals surface area contributed by atoms with E-state index in [0.29, 0.717) is 11.3 Å². The molecule has 0 spiro atoms. The second kappa shape index (κ2) is 8.75. The molecule has 0 radical (unpaired) electrons. The first-order valence-electron chi connectivity index (χ1n) is 9.87. The number of ether oxygens (including phenoxy) is 1. The Kier molecular flexibility index (Phi) is 6.89. The number of hydrogen-bond acceptors (Lipinski definition) is 4. The Morgan fingerprint density at radius 2 is 1.81 bits per heavy atom. The molecule has 1 aliphatic rings. The summed E-state index contributed by atoms with van der Waals surface area (Å²) in [7, 11) is 0. The number of carbonyl (C=O) groups excluding carboxylic acids is 1. The minimum absolute atomic E-state index is 0.00879. The molecule has 2 rings (SSSR count). The van der Waals surface area contributed by atoms with E-state index >= 15 is 0 Å². The molecule has 0 aromatic heterocycles. The van der Waals surface area contributed by atoms with E-state index in [4.69, 9.17) is 10.00 Å². The van der Waals surface area contributed by atoms with Gasteiger partial charge >= 0.3 is 0 Å². The molecule has 27 heavy (non-hydrogen) atoms. The topological polar surface area (TPSA) is 65.4 Å². The molecule has 0 unspecified atom stereocenters. The van der Waals surface area contributed by atoms with E-state index in [2.05, 4.69) is 46.0 Å². The van der Waals surface area contributed by atoms with Crippen molar-refractivity contribution in [1.29, 1.82) is 5.26 Å². The van der Waals surface area contributed by atoms with Gasteiger partial charge in [0.15, 0.2) is 6.61 Å². The quantitative estimate of drug-likeness (QED) is 0.790. The minimum Gasteiger partial charge on any atom is -0.484 e. The molecule has 1 aromatic carbocycles. The van der Waals surface area contributed by atoms with Crippen molar-refractivity contribution >= 4 is 5.91 Å². The first-order valence-corrected chi connectivity index (χ1v) is 9.87. The second-order valence-corrected chi connectivity index (χ2v) is 8.82. The van der Waals surface area contributed by atoms with Gasteiger partial charge in [-0.25, -0.2) is 0 Å². The summed E-state index contributed by atoms with van der Waals surface area (Å²) in [4.78, 5) is 15.0. The summed E-state index contributed by atoms with van der Waals surface area (Å²) in [6.45, 7) is 11.8. The molecule has 1 N–H and O–H groups in total. The summed E-state index contributed by atoms with van der Waals surface area (Å²) in [6, 6.07) is 9.16. The number of nitrogens with one attached hydrogen (secondary N) is 1. The van der Waals surface area contributed by atoms with Gasteiger partial charge in [-0.05, 0) is 71.2 Å². The third-order valence-corrected chi connectivity index (χ3v) is 5.03. The average Bonchev–Trinajstić information content (AvgIpc) is 2.58. The Morgan fingerprint density at radius 1 is 1.22 bits per heavy atom. The van der Waals surface area contributed by atoms with Crippen molar-refractivity contribution in [2.75, 3.05) is 13.2 Å². The molecule has 148 valence electrons. The van der Waals surface area contributed by atoms with Crippen LogP contribution in [0, 0.1) is 11.3 Å². The van der Waals surface area contributed by atoms with Crippen LogP contribution in [0.5, 0.6) is 5.75 Å². The van der Waals surface area contributed by atoms with Crippen LogP contribution in [0.1, 0.15) is 65.9 Å². The minimum atomic E-state index is -0.00879. The molecule has 1 heterocycles. The van der Waals surface area contributed by atoms with Crippen molar-refractivity contribution in [3.8, 4) is 11.8 Å². The van der Waals surface area contributed by atoms with Crippen molar-refractivity contribution in [2.45, 2.75) is 77.4 Å². The Labute approximate surface area is 163 Å². The maximum absolute atomic E-state index is 13.0. The molecule has 0 saturated carbocycles. The van der Waals surface area contributed by atoms with Crippen LogP contribution in [0.4, 0.5) is 0 Å². The lowest BCUT2D eigenvalue weighted by molar-refractivity contribution is -0.137. The smallest absolute Gasteiger partial charge is 0.260 e. The van der Waals surface area contributed by atoms with Crippen molar-refractivity contribution < 1.29 is 9.53 Å². The van der Waals surface area contributed by atoms with E-state index in [1.807, 2.05) is 4.90 Å². The fourth-order valence-corrected chi connectivity index (χ4v) is 4.18. The number of hydrogen-bond donors (Lipinski definition) is 1. The number of amides is 1. The largest absolute Gasteiger partial charge is 0.484 e. The van der Waals surface area contributed by atoms with Gasteiger partial charge in [0.2, 0.25) is 0 Å². The molecule has 1 amide bonds. The number of nitrogens with zero attached hydrogens (tertiary/aromatic N) is 2. The maximum Gasteiger partial charge on any atom is 0.260 e. The van der Waals surface area contributed by atoms with E-state index in [1.54, 1.807) is 24.3 Å². The van der Waals surface area contributed by atoms with Gasteiger partial charge in [0, 0.05) is 23.7 Å². The zero-order valence-electron chi connectivity index (χ0n) is 17.3. The van der Waals surface area contributed by atoms with Gasteiger partial charge in [-0.2, -0.15) is 5.26 Å². The highest BCUT2D eigenvalue weighted by Gasteiger charge is 2.41. The molecular weight excluding hydrogens is 338 g/mol. The molecule has 5 nitrogen and oxygen atoms in total. The van der Waals surface area contributed by atoms with E-state index in [-0.39, 0.29) is 29.6 Å². The maximum atomic E-state index is 13.0. The van der Waals surface area contributed by atoms with Crippen LogP contribution in [0.2, 0.25) is 0 Å². The van der Waals surface area contributed by atoms with Gasteiger partial charge in [-0.15, -0.1) is 0 Å². The van der Waals surface area contributed by atoms with E-state index in [1.165, 1.54) is 0 Å². The zero-order valence-corrected chi connectivity index (χ0v) is 17.3. The number of nitriles is 1. The highest BCUT2D eigenvalue weighted by molar-refractivity contribution is 5.78. The van der Waals surface area contributed by atoms with Crippen LogP contribution in [-0.4, -0.2) is 41.1 Å². The SMILES string of the molecule is CCCCN(C(=O)COc1ccc(C#N)cc1)C1CC(C)(C)NC(C)(C)C1. The first-order chi connectivity index (χ1) is 12.7. The van der Waals surface area contributed by atoms with E-state index in [0.717, 1.165) is 32.2 Å². The van der Waals surface area contributed by atoms with E-state index in [9.17, 15) is 4.79 Å². The molecule has 0 aliphatic carbocycles. The fourth-order valence-electron chi connectivity index (χ4n) is 4.18. The van der Waals surface area contributed by atoms with Crippen molar-refractivity contribution in [1.82, 2.24) is 10.2 Å². The zero-order chi connectivity index (χ0) is 20.1. The van der Waals surface area contributed by atoms with Crippen molar-refractivity contribution in [2.24, 2.45) is 0 Å². The highest BCUT2D eigenvalue weighted by atomic mass is 16.5. The monoisotopic (exact) mass is 371 g/mol. The predicted octanol–water partition coefficient (Wildman–Crippen LogP) is 3.87. The number of unbranched alkanes of at least 4 members (excludes halogenated alkanes) is 1. The Bertz CT molecular complexity index is 658. The Morgan fingerprint density at radius 3 is 2.33 bits per heavy atom. The Balaban J connectivity index is 2.07. The van der Waals surface area contributed by atoms with Crippen LogP contribution in [0.15, 0.2) is 24.3 Å².